The summed E-state index contributed by atoms with van der Waals surface area (Å²) in [5, 5.41) is 8.98. The molecule has 0 spiro atoms. The van der Waals surface area contributed by atoms with Gasteiger partial charge in [0.25, 0.3) is 5.52 Å². The van der Waals surface area contributed by atoms with Crippen LogP contribution in [0.4, 0.5) is 0 Å². The molecule has 0 saturated heterocycles. The van der Waals surface area contributed by atoms with Crippen LogP contribution in [0.25, 0.3) is 0 Å². The number of aliphatic hydroxyl groups is 1. The number of hydrogen-bond donors (Lipinski definition) is 1. The van der Waals surface area contributed by atoms with Crippen LogP contribution in [-0.4, -0.2) is 17.2 Å². The van der Waals surface area contributed by atoms with Crippen molar-refractivity contribution in [1.82, 2.24) is 0 Å². The molecule has 0 aliphatic carbocycles. The summed E-state index contributed by atoms with van der Waals surface area (Å²) in [6.07, 6.45) is 0. The van der Waals surface area contributed by atoms with Gasteiger partial charge in [-0.2, -0.15) is 0 Å². The van der Waals surface area contributed by atoms with Crippen LogP contribution in [0.1, 0.15) is 11.1 Å². The van der Waals surface area contributed by atoms with E-state index < -0.39 is 19.7 Å². The summed E-state index contributed by atoms with van der Waals surface area (Å²) in [7, 11) is -4.03. The van der Waals surface area contributed by atoms with Gasteiger partial charge in [0.15, 0.2) is 0 Å². The Morgan fingerprint density at radius 2 is 1.27 bits per heavy atom. The lowest BCUT2D eigenvalue weighted by Crippen LogP contribution is -2.10. The van der Waals surface area contributed by atoms with E-state index in [-0.39, 0.29) is 13.2 Å². The summed E-state index contributed by atoms with van der Waals surface area (Å²) < 4.78 is 23.0. The number of aliphatic hydroxyl groups excluding tert-OH is 1. The minimum atomic E-state index is -4.03. The molecule has 0 bridgehead atoms. The third-order valence-electron chi connectivity index (χ3n) is 2.93. The molecule has 0 unspecified atom stereocenters. The lowest BCUT2D eigenvalue weighted by Gasteiger charge is -2.16. The molecule has 2 aromatic carbocycles. The SMILES string of the molecule is O=C(CO)P(=O)(OCc1ccccc1)OCc1ccccc1. The Labute approximate surface area is 129 Å². The molecule has 0 aliphatic rings. The first-order valence-corrected chi connectivity index (χ1v) is 8.29. The Hall–Kier alpha value is -1.78. The average molecular weight is 320 g/mol. The fourth-order valence-corrected chi connectivity index (χ4v) is 2.91. The number of hydrogen-bond acceptors (Lipinski definition) is 5. The van der Waals surface area contributed by atoms with Gasteiger partial charge in [0, 0.05) is 0 Å². The summed E-state index contributed by atoms with van der Waals surface area (Å²) in [4.78, 5) is 11.7. The van der Waals surface area contributed by atoms with E-state index in [9.17, 15) is 9.36 Å². The molecule has 0 atom stereocenters. The second kappa shape index (κ2) is 8.01. The van der Waals surface area contributed by atoms with Crippen LogP contribution in [0.2, 0.25) is 0 Å². The van der Waals surface area contributed by atoms with E-state index in [0.717, 1.165) is 11.1 Å². The molecule has 0 heterocycles. The fourth-order valence-electron chi connectivity index (χ4n) is 1.74. The van der Waals surface area contributed by atoms with Gasteiger partial charge in [-0.25, -0.2) is 0 Å². The highest BCUT2D eigenvalue weighted by molar-refractivity contribution is 7.71. The first-order chi connectivity index (χ1) is 10.6. The standard InChI is InChI=1S/C16H17O5P/c17-11-16(18)22(19,20-12-14-7-3-1-4-8-14)21-13-15-9-5-2-6-10-15/h1-10,17H,11-13H2. The summed E-state index contributed by atoms with van der Waals surface area (Å²) in [5.74, 6) is 0. The van der Waals surface area contributed by atoms with Crippen LogP contribution in [0.15, 0.2) is 60.7 Å². The molecule has 2 rings (SSSR count). The van der Waals surface area contributed by atoms with E-state index >= 15 is 0 Å². The topological polar surface area (TPSA) is 72.8 Å². The van der Waals surface area contributed by atoms with Crippen LogP contribution in [0, 0.1) is 0 Å². The van der Waals surface area contributed by atoms with Gasteiger partial charge in [-0.1, -0.05) is 60.7 Å². The van der Waals surface area contributed by atoms with Gasteiger partial charge in [0.05, 0.1) is 13.2 Å². The maximum absolute atomic E-state index is 12.5. The molecule has 1 N–H and O–H groups in total. The monoisotopic (exact) mass is 320 g/mol. The van der Waals surface area contributed by atoms with Crippen molar-refractivity contribution < 1.29 is 23.5 Å². The van der Waals surface area contributed by atoms with Crippen LogP contribution in [-0.2, 0) is 31.6 Å². The van der Waals surface area contributed by atoms with Gasteiger partial charge >= 0.3 is 7.60 Å². The summed E-state index contributed by atoms with van der Waals surface area (Å²) >= 11 is 0. The average Bonchev–Trinajstić information content (AvgIpc) is 2.59. The van der Waals surface area contributed by atoms with Crippen molar-refractivity contribution in [2.24, 2.45) is 0 Å². The lowest BCUT2D eigenvalue weighted by atomic mass is 10.2. The Balaban J connectivity index is 2.04. The van der Waals surface area contributed by atoms with Crippen molar-refractivity contribution in [3.05, 3.63) is 71.8 Å². The molecule has 22 heavy (non-hydrogen) atoms. The van der Waals surface area contributed by atoms with Gasteiger partial charge in [-0.3, -0.25) is 18.4 Å². The molecule has 6 heteroatoms. The zero-order valence-electron chi connectivity index (χ0n) is 11.9. The number of rotatable bonds is 8. The van der Waals surface area contributed by atoms with E-state index in [1.165, 1.54) is 0 Å². The summed E-state index contributed by atoms with van der Waals surface area (Å²) in [6.45, 7) is -0.946. The highest BCUT2D eigenvalue weighted by Crippen LogP contribution is 2.50. The number of carbonyl (C=O) groups is 1. The van der Waals surface area contributed by atoms with E-state index in [1.54, 1.807) is 24.3 Å². The molecule has 0 saturated carbocycles. The van der Waals surface area contributed by atoms with Crippen molar-refractivity contribution in [3.63, 3.8) is 0 Å². The van der Waals surface area contributed by atoms with Gasteiger partial charge in [-0.05, 0) is 11.1 Å². The minimum Gasteiger partial charge on any atom is -0.388 e. The molecule has 0 fully saturated rings. The van der Waals surface area contributed by atoms with E-state index in [2.05, 4.69) is 0 Å². The largest absolute Gasteiger partial charge is 0.399 e. The number of carbonyl (C=O) groups excluding carboxylic acids is 1. The second-order valence-electron chi connectivity index (χ2n) is 4.57. The maximum atomic E-state index is 12.5. The highest BCUT2D eigenvalue weighted by atomic mass is 31.2. The van der Waals surface area contributed by atoms with Crippen LogP contribution >= 0.6 is 7.60 Å². The first kappa shape index (κ1) is 16.6. The molecule has 0 amide bonds. The van der Waals surface area contributed by atoms with Crippen LogP contribution in [0.3, 0.4) is 0 Å². The smallest absolute Gasteiger partial charge is 0.388 e. The highest BCUT2D eigenvalue weighted by Gasteiger charge is 2.34. The van der Waals surface area contributed by atoms with Crippen molar-refractivity contribution in [3.8, 4) is 0 Å². The summed E-state index contributed by atoms with van der Waals surface area (Å²) in [6, 6.07) is 18.0. The molecular weight excluding hydrogens is 303 g/mol. The third-order valence-corrected chi connectivity index (χ3v) is 4.62. The van der Waals surface area contributed by atoms with E-state index in [1.807, 2.05) is 36.4 Å². The third kappa shape index (κ3) is 4.61. The Morgan fingerprint density at radius 3 is 1.64 bits per heavy atom. The van der Waals surface area contributed by atoms with Gasteiger partial charge in [-0.15, -0.1) is 0 Å². The molecule has 0 aromatic heterocycles. The maximum Gasteiger partial charge on any atom is 0.399 e. The second-order valence-corrected chi connectivity index (χ2v) is 6.58. The fraction of sp³-hybridized carbons (Fsp3) is 0.188. The van der Waals surface area contributed by atoms with Crippen LogP contribution in [0.5, 0.6) is 0 Å². The van der Waals surface area contributed by atoms with Crippen molar-refractivity contribution in [2.45, 2.75) is 13.2 Å². The minimum absolute atomic E-state index is 0.0291. The Morgan fingerprint density at radius 1 is 0.864 bits per heavy atom. The molecule has 0 aliphatic heterocycles. The van der Waals surface area contributed by atoms with Gasteiger partial charge < -0.3 is 5.11 Å². The molecule has 5 nitrogen and oxygen atoms in total. The predicted molar refractivity (Wildman–Crippen MR) is 82.2 cm³/mol. The van der Waals surface area contributed by atoms with Crippen molar-refractivity contribution >= 4 is 13.1 Å². The van der Waals surface area contributed by atoms with Crippen LogP contribution < -0.4 is 0 Å². The quantitative estimate of drug-likeness (QED) is 0.757. The van der Waals surface area contributed by atoms with Gasteiger partial charge in [0.1, 0.15) is 6.61 Å². The molecular formula is C16H17O5P. The van der Waals surface area contributed by atoms with E-state index in [4.69, 9.17) is 14.2 Å². The molecule has 0 radical (unpaired) electrons. The molecule has 116 valence electrons. The number of benzene rings is 2. The normalized spacial score (nSPS) is 11.3. The van der Waals surface area contributed by atoms with Crippen molar-refractivity contribution in [2.75, 3.05) is 6.61 Å². The zero-order chi connectivity index (χ0) is 15.8. The Kier molecular flexibility index (Phi) is 6.04. The lowest BCUT2D eigenvalue weighted by molar-refractivity contribution is -0.116. The Bertz CT molecular complexity index is 595. The zero-order valence-corrected chi connectivity index (χ0v) is 12.8. The van der Waals surface area contributed by atoms with Gasteiger partial charge in [0.2, 0.25) is 0 Å². The van der Waals surface area contributed by atoms with E-state index in [0.29, 0.717) is 0 Å². The summed E-state index contributed by atoms with van der Waals surface area (Å²) in [5.41, 5.74) is 0.577. The first-order valence-electron chi connectivity index (χ1n) is 6.75. The predicted octanol–water partition coefficient (Wildman–Crippen LogP) is 3.13. The van der Waals surface area contributed by atoms with Crippen molar-refractivity contribution in [1.29, 1.82) is 0 Å². The molecule has 2 aromatic rings.